The van der Waals surface area contributed by atoms with Gasteiger partial charge in [-0.3, -0.25) is 0 Å². The Bertz CT molecular complexity index is 397. The van der Waals surface area contributed by atoms with Gasteiger partial charge in [-0.1, -0.05) is 39.8 Å². The van der Waals surface area contributed by atoms with E-state index in [0.29, 0.717) is 11.8 Å². The molecule has 0 saturated heterocycles. The lowest BCUT2D eigenvalue weighted by molar-refractivity contribution is -0.166. The average Bonchev–Trinajstić information content (AvgIpc) is 2.30. The van der Waals surface area contributed by atoms with Crippen molar-refractivity contribution in [3.05, 3.63) is 24.3 Å². The van der Waals surface area contributed by atoms with E-state index in [0.717, 1.165) is 11.5 Å². The third-order valence-electron chi connectivity index (χ3n) is 4.68. The molecule has 0 radical (unpaired) electrons. The van der Waals surface area contributed by atoms with E-state index >= 15 is 0 Å². The molecule has 2 rings (SSSR count). The van der Waals surface area contributed by atoms with Crippen molar-refractivity contribution in [1.82, 2.24) is 0 Å². The van der Waals surface area contributed by atoms with Crippen LogP contribution in [0.5, 0.6) is 11.5 Å². The van der Waals surface area contributed by atoms with E-state index in [2.05, 4.69) is 41.5 Å². The van der Waals surface area contributed by atoms with E-state index < -0.39 is 0 Å². The van der Waals surface area contributed by atoms with Crippen molar-refractivity contribution < 1.29 is 9.47 Å². The Balaban J connectivity index is 2.53. The first-order valence-corrected chi connectivity index (χ1v) is 6.78. The molecule has 1 heterocycles. The monoisotopic (exact) mass is 248 g/mol. The molecule has 18 heavy (non-hydrogen) atoms. The lowest BCUT2D eigenvalue weighted by Crippen LogP contribution is -2.65. The minimum Gasteiger partial charge on any atom is -0.479 e. The van der Waals surface area contributed by atoms with Gasteiger partial charge in [0, 0.05) is 0 Å². The van der Waals surface area contributed by atoms with Gasteiger partial charge in [0.05, 0.1) is 0 Å². The summed E-state index contributed by atoms with van der Waals surface area (Å²) < 4.78 is 12.7. The standard InChI is InChI=1S/C16H24O2/c1-11(2)15(5)16(6,12(3)4)18-14-10-8-7-9-13(14)17-15/h7-12H,1-6H3. The minimum atomic E-state index is -0.324. The van der Waals surface area contributed by atoms with Crippen LogP contribution >= 0.6 is 0 Å². The van der Waals surface area contributed by atoms with Crippen LogP contribution < -0.4 is 9.47 Å². The normalized spacial score (nSPS) is 30.9. The van der Waals surface area contributed by atoms with Gasteiger partial charge in [0.25, 0.3) is 0 Å². The molecule has 1 aromatic rings. The molecule has 100 valence electrons. The van der Waals surface area contributed by atoms with Crippen LogP contribution in [0.3, 0.4) is 0 Å². The summed E-state index contributed by atoms with van der Waals surface area (Å²) in [6.07, 6.45) is 0. The Morgan fingerprint density at radius 3 is 1.39 bits per heavy atom. The van der Waals surface area contributed by atoms with Crippen molar-refractivity contribution in [2.75, 3.05) is 0 Å². The van der Waals surface area contributed by atoms with Crippen molar-refractivity contribution in [2.24, 2.45) is 11.8 Å². The van der Waals surface area contributed by atoms with Gasteiger partial charge in [0.1, 0.15) is 11.2 Å². The van der Waals surface area contributed by atoms with Crippen LogP contribution in [0.2, 0.25) is 0 Å². The molecule has 0 fully saturated rings. The zero-order valence-corrected chi connectivity index (χ0v) is 12.3. The zero-order valence-electron chi connectivity index (χ0n) is 12.3. The van der Waals surface area contributed by atoms with Gasteiger partial charge >= 0.3 is 0 Å². The molecule has 0 N–H and O–H groups in total. The number of hydrogen-bond acceptors (Lipinski definition) is 2. The van der Waals surface area contributed by atoms with Gasteiger partial charge in [0.2, 0.25) is 0 Å². The highest BCUT2D eigenvalue weighted by atomic mass is 16.6. The summed E-state index contributed by atoms with van der Waals surface area (Å²) in [7, 11) is 0. The predicted molar refractivity (Wildman–Crippen MR) is 74.2 cm³/mol. The maximum atomic E-state index is 6.33. The highest BCUT2D eigenvalue weighted by Crippen LogP contribution is 2.49. The SMILES string of the molecule is CC(C)C1(C)Oc2ccccc2OC1(C)C(C)C. The number of hydrogen-bond donors (Lipinski definition) is 0. The average molecular weight is 248 g/mol. The fourth-order valence-electron chi connectivity index (χ4n) is 2.66. The van der Waals surface area contributed by atoms with Crippen molar-refractivity contribution >= 4 is 0 Å². The second-order valence-electron chi connectivity index (χ2n) is 6.17. The third-order valence-corrected chi connectivity index (χ3v) is 4.68. The Labute approximate surface area is 110 Å². The Hall–Kier alpha value is -1.18. The quantitative estimate of drug-likeness (QED) is 0.777. The van der Waals surface area contributed by atoms with Crippen molar-refractivity contribution in [3.63, 3.8) is 0 Å². The smallest absolute Gasteiger partial charge is 0.162 e. The van der Waals surface area contributed by atoms with E-state index in [9.17, 15) is 0 Å². The summed E-state index contributed by atoms with van der Waals surface area (Å²) in [6, 6.07) is 7.94. The Kier molecular flexibility index (Phi) is 3.08. The highest BCUT2D eigenvalue weighted by Gasteiger charge is 2.55. The van der Waals surface area contributed by atoms with Crippen LogP contribution in [0.25, 0.3) is 0 Å². The molecular weight excluding hydrogens is 224 g/mol. The first-order chi connectivity index (χ1) is 8.31. The largest absolute Gasteiger partial charge is 0.479 e. The number of rotatable bonds is 2. The summed E-state index contributed by atoms with van der Waals surface area (Å²) >= 11 is 0. The Morgan fingerprint density at radius 1 is 0.778 bits per heavy atom. The molecule has 0 amide bonds. The van der Waals surface area contributed by atoms with Crippen molar-refractivity contribution in [3.8, 4) is 11.5 Å². The van der Waals surface area contributed by atoms with Crippen molar-refractivity contribution in [2.45, 2.75) is 52.7 Å². The topological polar surface area (TPSA) is 18.5 Å². The molecule has 0 spiro atoms. The third kappa shape index (κ3) is 1.70. The molecule has 2 atom stereocenters. The number of fused-ring (bicyclic) bond motifs is 1. The lowest BCUT2D eigenvalue weighted by atomic mass is 9.70. The molecule has 0 saturated carbocycles. The molecule has 1 aromatic carbocycles. The van der Waals surface area contributed by atoms with Gasteiger partial charge in [-0.05, 0) is 37.8 Å². The first kappa shape index (κ1) is 13.3. The van der Waals surface area contributed by atoms with Crippen LogP contribution in [0.1, 0.15) is 41.5 Å². The second kappa shape index (κ2) is 4.18. The first-order valence-electron chi connectivity index (χ1n) is 6.78. The fourth-order valence-corrected chi connectivity index (χ4v) is 2.66. The molecule has 1 aliphatic rings. The number of benzene rings is 1. The maximum Gasteiger partial charge on any atom is 0.162 e. The van der Waals surface area contributed by atoms with E-state index in [1.54, 1.807) is 0 Å². The zero-order chi connectivity index (χ0) is 13.6. The van der Waals surface area contributed by atoms with Crippen LogP contribution in [-0.4, -0.2) is 11.2 Å². The van der Waals surface area contributed by atoms with Crippen molar-refractivity contribution in [1.29, 1.82) is 0 Å². The molecule has 2 unspecified atom stereocenters. The number of ether oxygens (including phenoxy) is 2. The summed E-state index contributed by atoms with van der Waals surface area (Å²) in [6.45, 7) is 13.1. The lowest BCUT2D eigenvalue weighted by Gasteiger charge is -2.53. The van der Waals surface area contributed by atoms with Crippen LogP contribution in [0.15, 0.2) is 24.3 Å². The molecule has 1 aliphatic heterocycles. The van der Waals surface area contributed by atoms with Crippen LogP contribution in [-0.2, 0) is 0 Å². The van der Waals surface area contributed by atoms with E-state index in [4.69, 9.17) is 9.47 Å². The Morgan fingerprint density at radius 2 is 1.11 bits per heavy atom. The molecule has 0 aliphatic carbocycles. The van der Waals surface area contributed by atoms with Gasteiger partial charge in [-0.25, -0.2) is 0 Å². The van der Waals surface area contributed by atoms with Gasteiger partial charge in [-0.15, -0.1) is 0 Å². The van der Waals surface area contributed by atoms with Gasteiger partial charge in [-0.2, -0.15) is 0 Å². The molecular formula is C16H24O2. The summed E-state index contributed by atoms with van der Waals surface area (Å²) in [5, 5.41) is 0. The highest BCUT2D eigenvalue weighted by molar-refractivity contribution is 5.43. The fraction of sp³-hybridized carbons (Fsp3) is 0.625. The molecule has 0 bridgehead atoms. The van der Waals surface area contributed by atoms with Gasteiger partial charge in [0.15, 0.2) is 11.5 Å². The van der Waals surface area contributed by atoms with Gasteiger partial charge < -0.3 is 9.47 Å². The predicted octanol–water partition coefficient (Wildman–Crippen LogP) is 4.29. The maximum absolute atomic E-state index is 6.33. The van der Waals surface area contributed by atoms with E-state index in [1.165, 1.54) is 0 Å². The summed E-state index contributed by atoms with van der Waals surface area (Å²) in [5.74, 6) is 2.45. The van der Waals surface area contributed by atoms with Crippen LogP contribution in [0.4, 0.5) is 0 Å². The number of para-hydroxylation sites is 2. The summed E-state index contributed by atoms with van der Waals surface area (Å²) in [5.41, 5.74) is -0.648. The molecule has 2 nitrogen and oxygen atoms in total. The molecule has 2 heteroatoms. The molecule has 0 aromatic heterocycles. The van der Waals surface area contributed by atoms with E-state index in [1.807, 2.05) is 24.3 Å². The van der Waals surface area contributed by atoms with Crippen LogP contribution in [0, 0.1) is 11.8 Å². The summed E-state index contributed by atoms with van der Waals surface area (Å²) in [4.78, 5) is 0. The second-order valence-corrected chi connectivity index (χ2v) is 6.17. The minimum absolute atomic E-state index is 0.324. The van der Waals surface area contributed by atoms with E-state index in [-0.39, 0.29) is 11.2 Å².